The second kappa shape index (κ2) is 44.1. The first kappa shape index (κ1) is 47.1. The molecule has 0 aliphatic heterocycles. The fourth-order valence-corrected chi connectivity index (χ4v) is 4.57. The van der Waals surface area contributed by atoms with Crippen LogP contribution in [0.25, 0.3) is 0 Å². The number of esters is 1. The van der Waals surface area contributed by atoms with E-state index in [0.29, 0.717) is 119 Å². The Bertz CT molecular complexity index is 598. The number of rotatable bonds is 43. The zero-order valence-corrected chi connectivity index (χ0v) is 31.0. The van der Waals surface area contributed by atoms with Crippen molar-refractivity contribution >= 4 is 5.97 Å². The summed E-state index contributed by atoms with van der Waals surface area (Å²) in [4.78, 5) is 11.2. The minimum Gasteiger partial charge on any atom is -0.463 e. The zero-order chi connectivity index (χ0) is 34.7. The predicted octanol–water partition coefficient (Wildman–Crippen LogP) is 6.57. The molecule has 0 spiro atoms. The average Bonchev–Trinajstić information content (AvgIpc) is 3.09. The minimum absolute atomic E-state index is 0.183. The highest BCUT2D eigenvalue weighted by atomic mass is 16.6. The van der Waals surface area contributed by atoms with Gasteiger partial charge in [0.25, 0.3) is 0 Å². The van der Waals surface area contributed by atoms with Crippen LogP contribution in [0.3, 0.4) is 0 Å². The molecule has 0 aromatic heterocycles. The second-order valence-corrected chi connectivity index (χ2v) is 11.7. The van der Waals surface area contributed by atoms with Gasteiger partial charge in [-0.3, -0.25) is 4.79 Å². The Morgan fingerprint density at radius 2 is 0.542 bits per heavy atom. The first-order valence-corrected chi connectivity index (χ1v) is 19.2. The van der Waals surface area contributed by atoms with Gasteiger partial charge < -0.3 is 47.4 Å². The summed E-state index contributed by atoms with van der Waals surface area (Å²) in [6, 6.07) is 0. The third kappa shape index (κ3) is 43.1. The lowest BCUT2D eigenvalue weighted by molar-refractivity contribution is -0.145. The Hall–Kier alpha value is -0.890. The molecule has 11 nitrogen and oxygen atoms in total. The zero-order valence-electron chi connectivity index (χ0n) is 31.0. The van der Waals surface area contributed by atoms with E-state index in [-0.39, 0.29) is 12.6 Å². The normalized spacial score (nSPS) is 11.5. The molecule has 0 atom stereocenters. The van der Waals surface area contributed by atoms with Gasteiger partial charge in [-0.15, -0.1) is 0 Å². The number of ether oxygens (including phenoxy) is 10. The highest BCUT2D eigenvalue weighted by Crippen LogP contribution is 2.12. The summed E-state index contributed by atoms with van der Waals surface area (Å²) in [6.45, 7) is 14.2. The fourth-order valence-electron chi connectivity index (χ4n) is 4.57. The van der Waals surface area contributed by atoms with Crippen LogP contribution >= 0.6 is 0 Å². The molecular formula is C37H74O11. The molecule has 11 heteroatoms. The van der Waals surface area contributed by atoms with Crippen LogP contribution in [-0.4, -0.2) is 132 Å². The Morgan fingerprint density at radius 3 is 0.833 bits per heavy atom. The molecule has 0 fully saturated rings. The van der Waals surface area contributed by atoms with Crippen molar-refractivity contribution in [3.63, 3.8) is 0 Å². The van der Waals surface area contributed by atoms with E-state index < -0.39 is 0 Å². The Labute approximate surface area is 293 Å². The van der Waals surface area contributed by atoms with Crippen molar-refractivity contribution in [2.75, 3.05) is 126 Å². The molecule has 0 aliphatic carbocycles. The van der Waals surface area contributed by atoms with Gasteiger partial charge >= 0.3 is 5.97 Å². The van der Waals surface area contributed by atoms with E-state index >= 15 is 0 Å². The van der Waals surface area contributed by atoms with Crippen LogP contribution in [0.2, 0.25) is 0 Å². The number of carbonyl (C=O) groups is 1. The number of carbonyl (C=O) groups excluding carboxylic acids is 1. The molecule has 0 saturated carbocycles. The van der Waals surface area contributed by atoms with Crippen LogP contribution < -0.4 is 0 Å². The highest BCUT2D eigenvalue weighted by molar-refractivity contribution is 5.69. The Kier molecular flexibility index (Phi) is 43.3. The summed E-state index contributed by atoms with van der Waals surface area (Å²) in [6.07, 6.45) is 19.0. The summed E-state index contributed by atoms with van der Waals surface area (Å²) in [7, 11) is 0. The third-order valence-corrected chi connectivity index (χ3v) is 7.31. The lowest BCUT2D eigenvalue weighted by Crippen LogP contribution is -2.15. The minimum atomic E-state index is -0.183. The number of hydrogen-bond donors (Lipinski definition) is 0. The van der Waals surface area contributed by atoms with Gasteiger partial charge in [-0.25, -0.2) is 0 Å². The van der Waals surface area contributed by atoms with Crippen LogP contribution in [0.4, 0.5) is 0 Å². The highest BCUT2D eigenvalue weighted by Gasteiger charge is 2.00. The first-order valence-electron chi connectivity index (χ1n) is 19.2. The molecule has 0 aromatic rings. The molecule has 0 bridgehead atoms. The Morgan fingerprint density at radius 1 is 0.292 bits per heavy atom. The molecule has 0 unspecified atom stereocenters. The Balaban J connectivity index is 3.06. The lowest BCUT2D eigenvalue weighted by atomic mass is 10.0. The largest absolute Gasteiger partial charge is 0.463 e. The fraction of sp³-hybridized carbons (Fsp3) is 0.973. The molecule has 0 saturated heterocycles. The van der Waals surface area contributed by atoms with Crippen LogP contribution in [0.15, 0.2) is 0 Å². The molecule has 0 heterocycles. The van der Waals surface area contributed by atoms with Crippen molar-refractivity contribution in [2.24, 2.45) is 0 Å². The van der Waals surface area contributed by atoms with Gasteiger partial charge in [0.2, 0.25) is 0 Å². The quantitative estimate of drug-likeness (QED) is 0.0511. The SMILES string of the molecule is CCCCCCCCCCCCCCCOCCOCCOCCOCCOCCOCCOCCOCCOCCOC(=O)CCC. The molecule has 0 aromatic carbocycles. The first-order chi connectivity index (χ1) is 23.8. The third-order valence-electron chi connectivity index (χ3n) is 7.31. The molecule has 0 radical (unpaired) electrons. The van der Waals surface area contributed by atoms with Gasteiger partial charge in [0.15, 0.2) is 0 Å². The molecule has 48 heavy (non-hydrogen) atoms. The molecule has 0 aliphatic rings. The van der Waals surface area contributed by atoms with E-state index in [1.54, 1.807) is 0 Å². The van der Waals surface area contributed by atoms with Gasteiger partial charge in [0.1, 0.15) is 6.61 Å². The van der Waals surface area contributed by atoms with Gasteiger partial charge in [0, 0.05) is 13.0 Å². The van der Waals surface area contributed by atoms with Crippen molar-refractivity contribution < 1.29 is 52.2 Å². The van der Waals surface area contributed by atoms with Crippen LogP contribution in [-0.2, 0) is 52.2 Å². The summed E-state index contributed by atoms with van der Waals surface area (Å²) >= 11 is 0. The summed E-state index contributed by atoms with van der Waals surface area (Å²) < 4.78 is 54.5. The number of unbranched alkanes of at least 4 members (excludes halogenated alkanes) is 12. The van der Waals surface area contributed by atoms with E-state index in [2.05, 4.69) is 6.92 Å². The van der Waals surface area contributed by atoms with Gasteiger partial charge in [-0.05, 0) is 12.8 Å². The summed E-state index contributed by atoms with van der Waals surface area (Å²) in [5.41, 5.74) is 0. The van der Waals surface area contributed by atoms with Crippen LogP contribution in [0, 0.1) is 0 Å². The molecule has 0 amide bonds. The second-order valence-electron chi connectivity index (χ2n) is 11.7. The smallest absolute Gasteiger partial charge is 0.305 e. The van der Waals surface area contributed by atoms with Gasteiger partial charge in [0.05, 0.1) is 112 Å². The topological polar surface area (TPSA) is 109 Å². The van der Waals surface area contributed by atoms with Crippen molar-refractivity contribution in [3.05, 3.63) is 0 Å². The predicted molar refractivity (Wildman–Crippen MR) is 189 cm³/mol. The van der Waals surface area contributed by atoms with E-state index in [9.17, 15) is 4.79 Å². The van der Waals surface area contributed by atoms with Crippen molar-refractivity contribution in [1.82, 2.24) is 0 Å². The van der Waals surface area contributed by atoms with E-state index in [4.69, 9.17) is 47.4 Å². The monoisotopic (exact) mass is 695 g/mol. The standard InChI is InChI=1S/C37H74O11/c1-3-5-6-7-8-9-10-11-12-13-14-15-16-18-39-19-20-40-21-22-41-23-24-42-25-26-43-27-28-44-29-30-45-31-32-46-33-34-47-35-36-48-37(38)17-4-2/h3-36H2,1-2H3. The van der Waals surface area contributed by atoms with Gasteiger partial charge in [-0.2, -0.15) is 0 Å². The van der Waals surface area contributed by atoms with Crippen LogP contribution in [0.5, 0.6) is 0 Å². The van der Waals surface area contributed by atoms with Crippen LogP contribution in [0.1, 0.15) is 110 Å². The molecule has 288 valence electrons. The van der Waals surface area contributed by atoms with Gasteiger partial charge in [-0.1, -0.05) is 90.9 Å². The average molecular weight is 695 g/mol. The van der Waals surface area contributed by atoms with Crippen molar-refractivity contribution in [2.45, 2.75) is 110 Å². The summed E-state index contributed by atoms with van der Waals surface area (Å²) in [5.74, 6) is -0.183. The van der Waals surface area contributed by atoms with Crippen molar-refractivity contribution in [1.29, 1.82) is 0 Å². The van der Waals surface area contributed by atoms with E-state index in [1.807, 2.05) is 6.92 Å². The maximum Gasteiger partial charge on any atom is 0.305 e. The van der Waals surface area contributed by atoms with E-state index in [1.165, 1.54) is 77.0 Å². The molecular weight excluding hydrogens is 620 g/mol. The van der Waals surface area contributed by atoms with Crippen molar-refractivity contribution in [3.8, 4) is 0 Å². The summed E-state index contributed by atoms with van der Waals surface area (Å²) in [5, 5.41) is 0. The van der Waals surface area contributed by atoms with E-state index in [0.717, 1.165) is 19.4 Å². The number of hydrogen-bond acceptors (Lipinski definition) is 11. The lowest BCUT2D eigenvalue weighted by Gasteiger charge is -2.09. The maximum atomic E-state index is 11.2. The molecule has 0 rings (SSSR count). The maximum absolute atomic E-state index is 11.2. The molecule has 0 N–H and O–H groups in total.